The fourth-order valence-electron chi connectivity index (χ4n) is 5.08. The van der Waals surface area contributed by atoms with Gasteiger partial charge in [0.15, 0.2) is 5.82 Å². The number of aromatic nitrogens is 2. The molecule has 212 valence electrons. The summed E-state index contributed by atoms with van der Waals surface area (Å²) in [7, 11) is 0. The number of nitrogens with zero attached hydrogens (tertiary/aromatic N) is 3. The van der Waals surface area contributed by atoms with Gasteiger partial charge in [0.2, 0.25) is 5.91 Å². The molecule has 2 heterocycles. The van der Waals surface area contributed by atoms with Crippen molar-refractivity contribution in [1.82, 2.24) is 15.3 Å². The smallest absolute Gasteiger partial charge is 0.220 e. The number of nitrogens with one attached hydrogen (secondary N) is 1. The third-order valence-corrected chi connectivity index (χ3v) is 7.84. The van der Waals surface area contributed by atoms with Crippen LogP contribution >= 0.6 is 23.2 Å². The second-order valence-electron chi connectivity index (χ2n) is 10.4. The molecule has 5 rings (SSSR count). The van der Waals surface area contributed by atoms with Crippen LogP contribution < -0.4 is 10.2 Å². The molecule has 0 spiro atoms. The summed E-state index contributed by atoms with van der Waals surface area (Å²) in [5, 5.41) is 15.2. The number of fused-ring (bicyclic) bond motifs is 1. The number of rotatable bonds is 11. The Balaban J connectivity index is 1.23. The van der Waals surface area contributed by atoms with Gasteiger partial charge in [0.1, 0.15) is 11.8 Å². The summed E-state index contributed by atoms with van der Waals surface area (Å²) >= 11 is 12.3. The summed E-state index contributed by atoms with van der Waals surface area (Å²) < 4.78 is 0. The maximum atomic E-state index is 12.2. The number of anilines is 1. The highest BCUT2D eigenvalue weighted by Gasteiger charge is 2.29. The van der Waals surface area contributed by atoms with E-state index >= 15 is 0 Å². The molecule has 0 saturated carbocycles. The van der Waals surface area contributed by atoms with Crippen LogP contribution in [0.2, 0.25) is 10.0 Å². The minimum absolute atomic E-state index is 0.0919. The minimum atomic E-state index is -0.673. The number of hydrogen-bond acceptors (Lipinski definition) is 5. The van der Waals surface area contributed by atoms with Crippen molar-refractivity contribution in [1.29, 1.82) is 0 Å². The molecule has 1 aliphatic heterocycles. The number of hydrogen-bond donors (Lipinski definition) is 2. The molecule has 0 saturated heterocycles. The van der Waals surface area contributed by atoms with E-state index in [1.807, 2.05) is 78.9 Å². The van der Waals surface area contributed by atoms with E-state index in [2.05, 4.69) is 10.2 Å². The van der Waals surface area contributed by atoms with Gasteiger partial charge in [0.05, 0.1) is 11.4 Å². The van der Waals surface area contributed by atoms with Gasteiger partial charge in [0, 0.05) is 47.2 Å². The van der Waals surface area contributed by atoms with Crippen LogP contribution in [0.1, 0.15) is 55.9 Å². The van der Waals surface area contributed by atoms with E-state index in [1.54, 1.807) is 0 Å². The molecule has 1 aliphatic rings. The van der Waals surface area contributed by atoms with Gasteiger partial charge in [-0.3, -0.25) is 4.79 Å². The molecule has 8 heteroatoms. The van der Waals surface area contributed by atoms with Gasteiger partial charge in [-0.15, -0.1) is 0 Å². The van der Waals surface area contributed by atoms with Crippen molar-refractivity contribution in [2.45, 2.75) is 51.2 Å². The lowest BCUT2D eigenvalue weighted by molar-refractivity contribution is -0.121. The maximum absolute atomic E-state index is 12.2. The van der Waals surface area contributed by atoms with Crippen LogP contribution in [0, 0.1) is 0 Å². The molecule has 1 amide bonds. The van der Waals surface area contributed by atoms with E-state index in [0.29, 0.717) is 47.4 Å². The third-order valence-electron chi connectivity index (χ3n) is 7.34. The van der Waals surface area contributed by atoms with Crippen molar-refractivity contribution >= 4 is 34.9 Å². The molecular formula is C33H34Cl2N4O2. The molecule has 2 N–H and O–H groups in total. The second kappa shape index (κ2) is 13.9. The van der Waals surface area contributed by atoms with Crippen LogP contribution in [0.5, 0.6) is 0 Å². The van der Waals surface area contributed by atoms with E-state index in [-0.39, 0.29) is 5.91 Å². The lowest BCUT2D eigenvalue weighted by Gasteiger charge is -2.33. The van der Waals surface area contributed by atoms with Gasteiger partial charge < -0.3 is 15.3 Å². The largest absolute Gasteiger partial charge is 0.387 e. The quantitative estimate of drug-likeness (QED) is 0.176. The summed E-state index contributed by atoms with van der Waals surface area (Å²) in [5.74, 6) is 0.820. The maximum Gasteiger partial charge on any atom is 0.220 e. The average molecular weight is 590 g/mol. The molecule has 1 atom stereocenters. The van der Waals surface area contributed by atoms with E-state index < -0.39 is 6.10 Å². The summed E-state index contributed by atoms with van der Waals surface area (Å²) in [6.07, 6.45) is 4.30. The first-order chi connectivity index (χ1) is 20.0. The predicted octanol–water partition coefficient (Wildman–Crippen LogP) is 7.63. The molecule has 0 bridgehead atoms. The number of halogens is 2. The summed E-state index contributed by atoms with van der Waals surface area (Å²) in [4.78, 5) is 24.5. The lowest BCUT2D eigenvalue weighted by atomic mass is 10.0. The predicted molar refractivity (Wildman–Crippen MR) is 166 cm³/mol. The lowest BCUT2D eigenvalue weighted by Crippen LogP contribution is -2.34. The normalized spacial score (nSPS) is 14.5. The number of aliphatic hydroxyl groups excluding tert-OH is 1. The Labute approximate surface area is 251 Å². The van der Waals surface area contributed by atoms with E-state index in [1.165, 1.54) is 0 Å². The van der Waals surface area contributed by atoms with Crippen LogP contribution in [-0.2, 0) is 11.3 Å². The van der Waals surface area contributed by atoms with E-state index in [9.17, 15) is 9.90 Å². The molecule has 6 nitrogen and oxygen atoms in total. The van der Waals surface area contributed by atoms with Crippen LogP contribution in [-0.4, -0.2) is 34.1 Å². The van der Waals surface area contributed by atoms with Gasteiger partial charge in [0.25, 0.3) is 0 Å². The Morgan fingerprint density at radius 3 is 2.10 bits per heavy atom. The third kappa shape index (κ3) is 7.64. The molecule has 0 aliphatic carbocycles. The number of carbonyl (C=O) groups is 1. The zero-order chi connectivity index (χ0) is 28.6. The van der Waals surface area contributed by atoms with Crippen molar-refractivity contribution in [3.05, 3.63) is 100 Å². The van der Waals surface area contributed by atoms with Crippen molar-refractivity contribution in [3.8, 4) is 22.5 Å². The SMILES string of the molecule is O=C(CCCCCCN1CCC(O)c2nc(-c3ccc(Cl)cc3)c(-c3ccc(Cl)cc3)nc21)NCc1ccccc1. The molecule has 4 aromatic rings. The first kappa shape index (κ1) is 29.1. The molecule has 0 fully saturated rings. The van der Waals surface area contributed by atoms with Crippen LogP contribution in [0.15, 0.2) is 78.9 Å². The van der Waals surface area contributed by atoms with E-state index in [4.69, 9.17) is 33.2 Å². The number of benzene rings is 3. The van der Waals surface area contributed by atoms with Gasteiger partial charge in [-0.05, 0) is 49.1 Å². The Morgan fingerprint density at radius 2 is 1.44 bits per heavy atom. The van der Waals surface area contributed by atoms with E-state index in [0.717, 1.165) is 60.4 Å². The number of amides is 1. The zero-order valence-corrected chi connectivity index (χ0v) is 24.4. The average Bonchev–Trinajstić information content (AvgIpc) is 3.00. The molecular weight excluding hydrogens is 555 g/mol. The van der Waals surface area contributed by atoms with Crippen LogP contribution in [0.4, 0.5) is 5.82 Å². The molecule has 1 aromatic heterocycles. The van der Waals surface area contributed by atoms with Gasteiger partial charge in [-0.25, -0.2) is 9.97 Å². The summed E-state index contributed by atoms with van der Waals surface area (Å²) in [6, 6.07) is 25.0. The van der Waals surface area contributed by atoms with Crippen molar-refractivity contribution in [2.24, 2.45) is 0 Å². The highest BCUT2D eigenvalue weighted by atomic mass is 35.5. The Kier molecular flexibility index (Phi) is 9.88. The van der Waals surface area contributed by atoms with Crippen LogP contribution in [0.25, 0.3) is 22.5 Å². The minimum Gasteiger partial charge on any atom is -0.387 e. The fraction of sp³-hybridized carbons (Fsp3) is 0.303. The Hall–Kier alpha value is -3.45. The van der Waals surface area contributed by atoms with Gasteiger partial charge >= 0.3 is 0 Å². The molecule has 1 unspecified atom stereocenters. The monoisotopic (exact) mass is 588 g/mol. The number of aliphatic hydroxyl groups is 1. The van der Waals surface area contributed by atoms with Gasteiger partial charge in [-0.1, -0.05) is 90.6 Å². The van der Waals surface area contributed by atoms with Crippen molar-refractivity contribution < 1.29 is 9.90 Å². The molecule has 0 radical (unpaired) electrons. The highest BCUT2D eigenvalue weighted by Crippen LogP contribution is 2.38. The number of unbranched alkanes of at least 4 members (excludes halogenated alkanes) is 3. The fourth-order valence-corrected chi connectivity index (χ4v) is 5.33. The van der Waals surface area contributed by atoms with Crippen molar-refractivity contribution in [3.63, 3.8) is 0 Å². The zero-order valence-electron chi connectivity index (χ0n) is 22.9. The topological polar surface area (TPSA) is 78.4 Å². The first-order valence-electron chi connectivity index (χ1n) is 14.2. The van der Waals surface area contributed by atoms with Crippen molar-refractivity contribution in [2.75, 3.05) is 18.0 Å². The van der Waals surface area contributed by atoms with Crippen LogP contribution in [0.3, 0.4) is 0 Å². The Morgan fingerprint density at radius 1 is 0.829 bits per heavy atom. The second-order valence-corrected chi connectivity index (χ2v) is 11.2. The summed E-state index contributed by atoms with van der Waals surface area (Å²) in [5.41, 5.74) is 4.94. The molecule has 3 aromatic carbocycles. The first-order valence-corrected chi connectivity index (χ1v) is 14.9. The molecule has 41 heavy (non-hydrogen) atoms. The summed E-state index contributed by atoms with van der Waals surface area (Å²) in [6.45, 7) is 2.10. The highest BCUT2D eigenvalue weighted by molar-refractivity contribution is 6.31. The van der Waals surface area contributed by atoms with Gasteiger partial charge in [-0.2, -0.15) is 0 Å². The Bertz CT molecular complexity index is 1450. The number of carbonyl (C=O) groups excluding carboxylic acids is 1. The standard InChI is InChI=1S/C33H34Cl2N4O2/c34-26-15-11-24(12-16-26)30-31(25-13-17-27(35)18-14-25)38-33-32(37-30)28(40)19-21-39(33)20-7-2-1-6-10-29(41)36-22-23-8-4-3-5-9-23/h3-5,8-9,11-18,28,40H,1-2,6-7,10,19-22H2,(H,36,41).